The van der Waals surface area contributed by atoms with Gasteiger partial charge in [0.05, 0.1) is 0 Å². The first-order chi connectivity index (χ1) is 7.25. The Hall–Kier alpha value is -0.610. The molecule has 0 aromatic heterocycles. The Bertz CT molecular complexity index is 281. The van der Waals surface area contributed by atoms with Gasteiger partial charge in [0.2, 0.25) is 5.91 Å². The van der Waals surface area contributed by atoms with Gasteiger partial charge >= 0.3 is 0 Å². The first kappa shape index (κ1) is 9.60. The quantitative estimate of drug-likeness (QED) is 0.592. The van der Waals surface area contributed by atoms with Gasteiger partial charge in [0.1, 0.15) is 6.04 Å². The number of piperazine rings is 2. The standard InChI is InChI=1S/C11H19N3O/c1-13-5-6-14-9-4-2-3-8(9)12-11(15)10(14)7-13/h8-10H,2-7H2,1H3,(H,12,15). The van der Waals surface area contributed by atoms with E-state index in [-0.39, 0.29) is 11.9 Å². The Balaban J connectivity index is 1.83. The summed E-state index contributed by atoms with van der Waals surface area (Å²) in [5.41, 5.74) is 0. The van der Waals surface area contributed by atoms with Gasteiger partial charge in [-0.1, -0.05) is 0 Å². The van der Waals surface area contributed by atoms with Crippen molar-refractivity contribution in [1.82, 2.24) is 15.1 Å². The fourth-order valence-electron chi connectivity index (χ4n) is 3.35. The van der Waals surface area contributed by atoms with Gasteiger partial charge in [-0.2, -0.15) is 0 Å². The predicted molar refractivity (Wildman–Crippen MR) is 57.6 cm³/mol. The molecule has 3 unspecified atom stereocenters. The van der Waals surface area contributed by atoms with Crippen LogP contribution in [-0.4, -0.2) is 60.5 Å². The summed E-state index contributed by atoms with van der Waals surface area (Å²) in [5.74, 6) is 0.254. The SMILES string of the molecule is CN1CCN2C(C1)C(=O)NC1CCCC12. The minimum atomic E-state index is 0.114. The molecule has 0 radical (unpaired) electrons. The van der Waals surface area contributed by atoms with E-state index in [1.165, 1.54) is 19.3 Å². The molecule has 4 nitrogen and oxygen atoms in total. The van der Waals surface area contributed by atoms with E-state index in [0.717, 1.165) is 19.6 Å². The van der Waals surface area contributed by atoms with E-state index >= 15 is 0 Å². The summed E-state index contributed by atoms with van der Waals surface area (Å²) in [4.78, 5) is 16.7. The van der Waals surface area contributed by atoms with Gasteiger partial charge in [-0.25, -0.2) is 0 Å². The maximum absolute atomic E-state index is 11.9. The lowest BCUT2D eigenvalue weighted by Crippen LogP contribution is -2.69. The first-order valence-electron chi connectivity index (χ1n) is 6.00. The number of carbonyl (C=O) groups is 1. The maximum atomic E-state index is 11.9. The molecule has 0 bridgehead atoms. The Kier molecular flexibility index (Phi) is 2.21. The lowest BCUT2D eigenvalue weighted by atomic mass is 9.99. The first-order valence-corrected chi connectivity index (χ1v) is 6.00. The molecule has 15 heavy (non-hydrogen) atoms. The number of nitrogens with zero attached hydrogens (tertiary/aromatic N) is 2. The topological polar surface area (TPSA) is 35.6 Å². The molecule has 1 amide bonds. The van der Waals surface area contributed by atoms with E-state index in [0.29, 0.717) is 12.1 Å². The fourth-order valence-corrected chi connectivity index (χ4v) is 3.35. The molecule has 1 saturated carbocycles. The highest BCUT2D eigenvalue weighted by Crippen LogP contribution is 2.30. The number of carbonyl (C=O) groups excluding carboxylic acids is 1. The third-order valence-electron chi connectivity index (χ3n) is 4.16. The van der Waals surface area contributed by atoms with Crippen molar-refractivity contribution in [2.75, 3.05) is 26.7 Å². The zero-order chi connectivity index (χ0) is 10.4. The van der Waals surface area contributed by atoms with Gasteiger partial charge in [0, 0.05) is 31.7 Å². The van der Waals surface area contributed by atoms with Gasteiger partial charge in [0.15, 0.2) is 0 Å². The van der Waals surface area contributed by atoms with Gasteiger partial charge in [0.25, 0.3) is 0 Å². The normalized spacial score (nSPS) is 42.2. The average Bonchev–Trinajstić information content (AvgIpc) is 2.66. The van der Waals surface area contributed by atoms with Crippen molar-refractivity contribution in [2.45, 2.75) is 37.4 Å². The van der Waals surface area contributed by atoms with Crippen LogP contribution in [-0.2, 0) is 4.79 Å². The monoisotopic (exact) mass is 209 g/mol. The van der Waals surface area contributed by atoms with E-state index < -0.39 is 0 Å². The number of fused-ring (bicyclic) bond motifs is 3. The van der Waals surface area contributed by atoms with Crippen molar-refractivity contribution in [2.24, 2.45) is 0 Å². The average molecular weight is 209 g/mol. The molecule has 4 heteroatoms. The summed E-state index contributed by atoms with van der Waals surface area (Å²) in [5, 5.41) is 3.19. The number of hydrogen-bond acceptors (Lipinski definition) is 3. The van der Waals surface area contributed by atoms with E-state index in [1.54, 1.807) is 0 Å². The van der Waals surface area contributed by atoms with E-state index in [2.05, 4.69) is 22.2 Å². The van der Waals surface area contributed by atoms with Crippen LogP contribution >= 0.6 is 0 Å². The van der Waals surface area contributed by atoms with Crippen LogP contribution in [0.5, 0.6) is 0 Å². The van der Waals surface area contributed by atoms with Crippen LogP contribution in [0, 0.1) is 0 Å². The smallest absolute Gasteiger partial charge is 0.238 e. The molecule has 2 aliphatic heterocycles. The molecule has 2 saturated heterocycles. The van der Waals surface area contributed by atoms with Crippen LogP contribution in [0.1, 0.15) is 19.3 Å². The van der Waals surface area contributed by atoms with E-state index in [9.17, 15) is 4.79 Å². The lowest BCUT2D eigenvalue weighted by molar-refractivity contribution is -0.136. The molecule has 1 N–H and O–H groups in total. The largest absolute Gasteiger partial charge is 0.350 e. The van der Waals surface area contributed by atoms with Crippen LogP contribution in [0.3, 0.4) is 0 Å². The van der Waals surface area contributed by atoms with Crippen LogP contribution in [0.15, 0.2) is 0 Å². The molecule has 1 aliphatic carbocycles. The van der Waals surface area contributed by atoms with Crippen LogP contribution in [0.25, 0.3) is 0 Å². The third kappa shape index (κ3) is 1.47. The zero-order valence-corrected chi connectivity index (χ0v) is 9.28. The summed E-state index contributed by atoms with van der Waals surface area (Å²) in [6.07, 6.45) is 3.72. The molecule has 2 heterocycles. The summed E-state index contributed by atoms with van der Waals surface area (Å²) >= 11 is 0. The molecule has 3 atom stereocenters. The minimum absolute atomic E-state index is 0.114. The van der Waals surface area contributed by atoms with E-state index in [4.69, 9.17) is 0 Å². The molecular formula is C11H19N3O. The van der Waals surface area contributed by atoms with Crippen LogP contribution < -0.4 is 5.32 Å². The number of likely N-dealkylation sites (N-methyl/N-ethyl adjacent to an activating group) is 1. The summed E-state index contributed by atoms with van der Waals surface area (Å²) in [6, 6.07) is 1.18. The van der Waals surface area contributed by atoms with Crippen molar-refractivity contribution >= 4 is 5.91 Å². The van der Waals surface area contributed by atoms with Gasteiger partial charge < -0.3 is 10.2 Å². The lowest BCUT2D eigenvalue weighted by Gasteiger charge is -2.48. The summed E-state index contributed by atoms with van der Waals surface area (Å²) in [7, 11) is 2.10. The summed E-state index contributed by atoms with van der Waals surface area (Å²) in [6.45, 7) is 3.07. The number of rotatable bonds is 0. The zero-order valence-electron chi connectivity index (χ0n) is 9.28. The fraction of sp³-hybridized carbons (Fsp3) is 0.909. The molecular weight excluding hydrogens is 190 g/mol. The molecule has 3 rings (SSSR count). The van der Waals surface area contributed by atoms with Crippen LogP contribution in [0.4, 0.5) is 0 Å². The molecule has 0 spiro atoms. The van der Waals surface area contributed by atoms with Crippen molar-refractivity contribution in [3.8, 4) is 0 Å². The molecule has 0 aromatic carbocycles. The van der Waals surface area contributed by atoms with Crippen LogP contribution in [0.2, 0.25) is 0 Å². The Morgan fingerprint density at radius 1 is 1.33 bits per heavy atom. The van der Waals surface area contributed by atoms with E-state index in [1.807, 2.05) is 0 Å². The second-order valence-corrected chi connectivity index (χ2v) is 5.13. The highest BCUT2D eigenvalue weighted by molar-refractivity contribution is 5.83. The van der Waals surface area contributed by atoms with Gasteiger partial charge in [-0.15, -0.1) is 0 Å². The highest BCUT2D eigenvalue weighted by atomic mass is 16.2. The molecule has 84 valence electrons. The Morgan fingerprint density at radius 3 is 3.07 bits per heavy atom. The Labute approximate surface area is 90.6 Å². The van der Waals surface area contributed by atoms with Crippen molar-refractivity contribution in [3.63, 3.8) is 0 Å². The predicted octanol–water partition coefficient (Wildman–Crippen LogP) is -0.347. The molecule has 3 fully saturated rings. The second-order valence-electron chi connectivity index (χ2n) is 5.13. The molecule has 3 aliphatic rings. The van der Waals surface area contributed by atoms with Crippen molar-refractivity contribution < 1.29 is 4.79 Å². The van der Waals surface area contributed by atoms with Gasteiger partial charge in [-0.3, -0.25) is 9.69 Å². The summed E-state index contributed by atoms with van der Waals surface area (Å²) < 4.78 is 0. The van der Waals surface area contributed by atoms with Crippen molar-refractivity contribution in [1.29, 1.82) is 0 Å². The number of nitrogens with one attached hydrogen (secondary N) is 1. The second kappa shape index (κ2) is 3.46. The molecule has 0 aromatic rings. The maximum Gasteiger partial charge on any atom is 0.238 e. The number of hydrogen-bond donors (Lipinski definition) is 1. The number of amides is 1. The van der Waals surface area contributed by atoms with Gasteiger partial charge in [-0.05, 0) is 26.3 Å². The Morgan fingerprint density at radius 2 is 2.20 bits per heavy atom. The minimum Gasteiger partial charge on any atom is -0.350 e. The third-order valence-corrected chi connectivity index (χ3v) is 4.16. The highest BCUT2D eigenvalue weighted by Gasteiger charge is 2.45. The van der Waals surface area contributed by atoms with Crippen molar-refractivity contribution in [3.05, 3.63) is 0 Å².